The Kier molecular flexibility index (Phi) is 3.26. The van der Waals surface area contributed by atoms with Crippen LogP contribution in [0.2, 0.25) is 0 Å². The van der Waals surface area contributed by atoms with E-state index in [0.29, 0.717) is 11.8 Å². The summed E-state index contributed by atoms with van der Waals surface area (Å²) in [5.74, 6) is 1.11. The molecule has 0 bridgehead atoms. The predicted octanol–water partition coefficient (Wildman–Crippen LogP) is 1.80. The maximum absolute atomic E-state index is 5.56. The predicted molar refractivity (Wildman–Crippen MR) is 59.6 cm³/mol. The first-order valence-electron chi connectivity index (χ1n) is 5.28. The molecule has 1 N–H and O–H groups in total. The summed E-state index contributed by atoms with van der Waals surface area (Å²) in [7, 11) is 0. The minimum absolute atomic E-state index is 0.0721. The van der Waals surface area contributed by atoms with Crippen LogP contribution in [-0.2, 0) is 0 Å². The number of hydrogen-bond donors (Lipinski definition) is 1. The lowest BCUT2D eigenvalue weighted by atomic mass is 10.3. The lowest BCUT2D eigenvalue weighted by molar-refractivity contribution is 0.429. The average molecular weight is 218 g/mol. The van der Waals surface area contributed by atoms with E-state index in [1.165, 1.54) is 0 Å². The van der Waals surface area contributed by atoms with E-state index in [9.17, 15) is 0 Å². The van der Waals surface area contributed by atoms with Gasteiger partial charge in [0.05, 0.1) is 11.6 Å². The average Bonchev–Trinajstić information content (AvgIpc) is 2.80. The summed E-state index contributed by atoms with van der Waals surface area (Å²) in [5.41, 5.74) is 0.838. The molecule has 0 spiro atoms. The molecule has 84 valence electrons. The molecule has 16 heavy (non-hydrogen) atoms. The quantitative estimate of drug-likeness (QED) is 0.847. The number of aromatic nitrogens is 3. The molecule has 2 aromatic heterocycles. The van der Waals surface area contributed by atoms with Crippen LogP contribution in [-0.4, -0.2) is 21.7 Å². The molecule has 2 aromatic rings. The number of rotatable bonds is 4. The van der Waals surface area contributed by atoms with Crippen molar-refractivity contribution in [2.24, 2.45) is 0 Å². The summed E-state index contributed by atoms with van der Waals surface area (Å²) >= 11 is 0. The van der Waals surface area contributed by atoms with Crippen LogP contribution >= 0.6 is 0 Å². The maximum Gasteiger partial charge on any atom is 0.249 e. The Morgan fingerprint density at radius 1 is 1.44 bits per heavy atom. The Labute approximate surface area is 93.9 Å². The topological polar surface area (TPSA) is 63.8 Å². The van der Waals surface area contributed by atoms with Crippen LogP contribution in [0, 0.1) is 0 Å². The first-order valence-corrected chi connectivity index (χ1v) is 5.28. The van der Waals surface area contributed by atoms with Crippen molar-refractivity contribution in [2.45, 2.75) is 19.9 Å². The molecule has 0 saturated heterocycles. The fraction of sp³-hybridized carbons (Fsp3) is 0.364. The van der Waals surface area contributed by atoms with Gasteiger partial charge in [0.1, 0.15) is 0 Å². The van der Waals surface area contributed by atoms with Crippen molar-refractivity contribution in [1.29, 1.82) is 0 Å². The molecule has 0 amide bonds. The van der Waals surface area contributed by atoms with E-state index in [-0.39, 0.29) is 6.04 Å². The van der Waals surface area contributed by atoms with Crippen molar-refractivity contribution >= 4 is 0 Å². The Morgan fingerprint density at radius 2 is 2.31 bits per heavy atom. The van der Waals surface area contributed by atoms with E-state index in [2.05, 4.69) is 20.5 Å². The highest BCUT2D eigenvalue weighted by molar-refractivity contribution is 5.49. The van der Waals surface area contributed by atoms with E-state index < -0.39 is 0 Å². The third-order valence-corrected chi connectivity index (χ3v) is 2.23. The van der Waals surface area contributed by atoms with Gasteiger partial charge in [0.25, 0.3) is 0 Å². The van der Waals surface area contributed by atoms with Crippen LogP contribution in [0.4, 0.5) is 0 Å². The smallest absolute Gasteiger partial charge is 0.249 e. The van der Waals surface area contributed by atoms with Crippen molar-refractivity contribution in [3.63, 3.8) is 0 Å². The van der Waals surface area contributed by atoms with E-state index in [1.807, 2.05) is 26.0 Å². The molecule has 2 rings (SSSR count). The molecule has 0 aromatic carbocycles. The van der Waals surface area contributed by atoms with Gasteiger partial charge >= 0.3 is 0 Å². The summed E-state index contributed by atoms with van der Waals surface area (Å²) in [6.45, 7) is 4.89. The van der Waals surface area contributed by atoms with Gasteiger partial charge in [-0.3, -0.25) is 4.98 Å². The van der Waals surface area contributed by atoms with Crippen LogP contribution in [0.25, 0.3) is 11.5 Å². The fourth-order valence-corrected chi connectivity index (χ4v) is 1.41. The SMILES string of the molecule is CCNC(C)c1nnc(-c2cccnc2)o1. The molecule has 2 heterocycles. The van der Waals surface area contributed by atoms with E-state index in [1.54, 1.807) is 12.4 Å². The number of nitrogens with one attached hydrogen (secondary N) is 1. The zero-order chi connectivity index (χ0) is 11.4. The van der Waals surface area contributed by atoms with Crippen molar-refractivity contribution in [2.75, 3.05) is 6.54 Å². The second kappa shape index (κ2) is 4.85. The van der Waals surface area contributed by atoms with Crippen molar-refractivity contribution in [3.8, 4) is 11.5 Å². The minimum Gasteiger partial charge on any atom is -0.419 e. The fourth-order valence-electron chi connectivity index (χ4n) is 1.41. The first kappa shape index (κ1) is 10.8. The molecule has 0 radical (unpaired) electrons. The Morgan fingerprint density at radius 3 is 3.00 bits per heavy atom. The molecule has 0 aliphatic rings. The van der Waals surface area contributed by atoms with Crippen molar-refractivity contribution in [3.05, 3.63) is 30.4 Å². The van der Waals surface area contributed by atoms with E-state index in [0.717, 1.165) is 12.1 Å². The lowest BCUT2D eigenvalue weighted by Crippen LogP contribution is -2.17. The zero-order valence-electron chi connectivity index (χ0n) is 9.34. The standard InChI is InChI=1S/C11H14N4O/c1-3-13-8(2)10-14-15-11(16-10)9-5-4-6-12-7-9/h4-8,13H,3H2,1-2H3. The molecule has 0 fully saturated rings. The molecular formula is C11H14N4O. The zero-order valence-corrected chi connectivity index (χ0v) is 9.34. The van der Waals surface area contributed by atoms with Gasteiger partial charge in [-0.2, -0.15) is 0 Å². The maximum atomic E-state index is 5.56. The summed E-state index contributed by atoms with van der Waals surface area (Å²) in [6.07, 6.45) is 3.41. The second-order valence-corrected chi connectivity index (χ2v) is 3.47. The van der Waals surface area contributed by atoms with Crippen molar-refractivity contribution < 1.29 is 4.42 Å². The second-order valence-electron chi connectivity index (χ2n) is 3.47. The normalized spacial score (nSPS) is 12.6. The van der Waals surface area contributed by atoms with Crippen LogP contribution in [0.5, 0.6) is 0 Å². The molecule has 0 aliphatic heterocycles. The summed E-state index contributed by atoms with van der Waals surface area (Å²) in [6, 6.07) is 3.80. The molecular weight excluding hydrogens is 204 g/mol. The van der Waals surface area contributed by atoms with Gasteiger partial charge in [0, 0.05) is 12.4 Å². The first-order chi connectivity index (χ1) is 7.81. The Hall–Kier alpha value is -1.75. The highest BCUT2D eigenvalue weighted by Gasteiger charge is 2.13. The van der Waals surface area contributed by atoms with Gasteiger partial charge in [-0.1, -0.05) is 6.92 Å². The molecule has 0 saturated carbocycles. The Balaban J connectivity index is 2.20. The molecule has 1 atom stereocenters. The summed E-state index contributed by atoms with van der Waals surface area (Å²) in [4.78, 5) is 4.01. The van der Waals surface area contributed by atoms with Gasteiger partial charge in [-0.15, -0.1) is 10.2 Å². The van der Waals surface area contributed by atoms with Crippen LogP contribution in [0.1, 0.15) is 25.8 Å². The highest BCUT2D eigenvalue weighted by Crippen LogP contribution is 2.19. The number of nitrogens with zero attached hydrogens (tertiary/aromatic N) is 3. The van der Waals surface area contributed by atoms with Crippen molar-refractivity contribution in [1.82, 2.24) is 20.5 Å². The Bertz CT molecular complexity index is 440. The molecule has 1 unspecified atom stereocenters. The largest absolute Gasteiger partial charge is 0.419 e. The lowest BCUT2D eigenvalue weighted by Gasteiger charge is -2.05. The molecule has 5 heteroatoms. The van der Waals surface area contributed by atoms with Gasteiger partial charge in [-0.25, -0.2) is 0 Å². The van der Waals surface area contributed by atoms with Gasteiger partial charge in [0.2, 0.25) is 11.8 Å². The van der Waals surface area contributed by atoms with E-state index >= 15 is 0 Å². The summed E-state index contributed by atoms with van der Waals surface area (Å²) in [5, 5.41) is 11.2. The number of hydrogen-bond acceptors (Lipinski definition) is 5. The number of pyridine rings is 1. The third-order valence-electron chi connectivity index (χ3n) is 2.23. The molecule has 5 nitrogen and oxygen atoms in total. The van der Waals surface area contributed by atoms with Gasteiger partial charge in [-0.05, 0) is 25.6 Å². The van der Waals surface area contributed by atoms with Gasteiger partial charge < -0.3 is 9.73 Å². The van der Waals surface area contributed by atoms with Gasteiger partial charge in [0.15, 0.2) is 0 Å². The minimum atomic E-state index is 0.0721. The molecule has 0 aliphatic carbocycles. The van der Waals surface area contributed by atoms with Crippen LogP contribution in [0.15, 0.2) is 28.9 Å². The van der Waals surface area contributed by atoms with Crippen LogP contribution < -0.4 is 5.32 Å². The third kappa shape index (κ3) is 2.25. The van der Waals surface area contributed by atoms with Crippen LogP contribution in [0.3, 0.4) is 0 Å². The highest BCUT2D eigenvalue weighted by atomic mass is 16.4. The summed E-state index contributed by atoms with van der Waals surface area (Å²) < 4.78 is 5.56. The van der Waals surface area contributed by atoms with E-state index in [4.69, 9.17) is 4.42 Å². The monoisotopic (exact) mass is 218 g/mol.